The van der Waals surface area contributed by atoms with E-state index < -0.39 is 17.2 Å². The number of nitrogens with one attached hydrogen (secondary N) is 1. The second kappa shape index (κ2) is 10.8. The quantitative estimate of drug-likeness (QED) is 0.587. The standard InChI is InChI=1S/C23H35N5O4/c1-4-11-27-18(29)16-17(20(30)24-10-9-15-26-13-7-6-8-14-26)19-21(27)25(3)23(32)28(12-5-2)22(19)31/h16H,4-15H2,1-3H3,(H,24,30). The van der Waals surface area contributed by atoms with Crippen molar-refractivity contribution in [2.75, 3.05) is 26.2 Å². The number of hydrogen-bond acceptors (Lipinski definition) is 5. The van der Waals surface area contributed by atoms with Crippen LogP contribution in [0.4, 0.5) is 0 Å². The smallest absolute Gasteiger partial charge is 0.332 e. The van der Waals surface area contributed by atoms with Crippen LogP contribution in [0.3, 0.4) is 0 Å². The summed E-state index contributed by atoms with van der Waals surface area (Å²) in [6.45, 7) is 7.98. The molecule has 1 amide bonds. The monoisotopic (exact) mass is 445 g/mol. The summed E-state index contributed by atoms with van der Waals surface area (Å²) in [6.07, 6.45) is 5.78. The minimum absolute atomic E-state index is 0.0424. The van der Waals surface area contributed by atoms with Crippen LogP contribution < -0.4 is 22.1 Å². The first-order valence-corrected chi connectivity index (χ1v) is 11.8. The van der Waals surface area contributed by atoms with Crippen molar-refractivity contribution < 1.29 is 4.79 Å². The first kappa shape index (κ1) is 24.0. The predicted octanol–water partition coefficient (Wildman–Crippen LogP) is 1.29. The molecular formula is C23H35N5O4. The van der Waals surface area contributed by atoms with Crippen molar-refractivity contribution in [2.45, 2.75) is 65.5 Å². The van der Waals surface area contributed by atoms with E-state index in [0.717, 1.165) is 30.6 Å². The molecule has 1 N–H and O–H groups in total. The van der Waals surface area contributed by atoms with Crippen LogP contribution in [0.2, 0.25) is 0 Å². The molecule has 0 aromatic carbocycles. The first-order chi connectivity index (χ1) is 15.4. The first-order valence-electron chi connectivity index (χ1n) is 11.8. The van der Waals surface area contributed by atoms with Crippen LogP contribution in [-0.4, -0.2) is 50.7 Å². The Hall–Kier alpha value is -2.68. The Bertz CT molecular complexity index is 1140. The summed E-state index contributed by atoms with van der Waals surface area (Å²) >= 11 is 0. The van der Waals surface area contributed by atoms with Crippen molar-refractivity contribution in [3.05, 3.63) is 42.8 Å². The molecule has 9 nitrogen and oxygen atoms in total. The maximum atomic E-state index is 13.3. The molecule has 1 aliphatic rings. The van der Waals surface area contributed by atoms with E-state index in [4.69, 9.17) is 0 Å². The number of likely N-dealkylation sites (tertiary alicyclic amines) is 1. The van der Waals surface area contributed by atoms with E-state index in [1.165, 1.54) is 34.5 Å². The van der Waals surface area contributed by atoms with Gasteiger partial charge in [-0.1, -0.05) is 20.3 Å². The Kier molecular flexibility index (Phi) is 8.06. The van der Waals surface area contributed by atoms with Crippen LogP contribution >= 0.6 is 0 Å². The van der Waals surface area contributed by atoms with E-state index in [-0.39, 0.29) is 28.7 Å². The van der Waals surface area contributed by atoms with Gasteiger partial charge in [-0.25, -0.2) is 4.79 Å². The third-order valence-electron chi connectivity index (χ3n) is 6.10. The SMILES string of the molecule is CCCn1c(=O)c2c(C(=O)NCCCN3CCCCC3)cc(=O)n(CCC)c2n(C)c1=O. The van der Waals surface area contributed by atoms with E-state index in [1.807, 2.05) is 13.8 Å². The summed E-state index contributed by atoms with van der Waals surface area (Å²) in [6, 6.07) is 1.24. The number of pyridine rings is 1. The molecule has 0 saturated carbocycles. The molecule has 0 bridgehead atoms. The van der Waals surface area contributed by atoms with Crippen LogP contribution in [-0.2, 0) is 20.1 Å². The molecule has 32 heavy (non-hydrogen) atoms. The molecular weight excluding hydrogens is 410 g/mol. The van der Waals surface area contributed by atoms with Gasteiger partial charge in [0.15, 0.2) is 0 Å². The minimum atomic E-state index is -0.520. The zero-order valence-electron chi connectivity index (χ0n) is 19.5. The summed E-state index contributed by atoms with van der Waals surface area (Å²) in [5.74, 6) is -0.451. The number of aromatic nitrogens is 3. The Morgan fingerprint density at radius 1 is 0.969 bits per heavy atom. The van der Waals surface area contributed by atoms with Crippen molar-refractivity contribution >= 4 is 16.9 Å². The molecule has 2 aromatic rings. The van der Waals surface area contributed by atoms with Gasteiger partial charge in [0.2, 0.25) is 0 Å². The van der Waals surface area contributed by atoms with Gasteiger partial charge in [0.25, 0.3) is 17.0 Å². The molecule has 3 heterocycles. The summed E-state index contributed by atoms with van der Waals surface area (Å²) in [4.78, 5) is 54.3. The maximum absolute atomic E-state index is 13.3. The fourth-order valence-corrected chi connectivity index (χ4v) is 4.51. The van der Waals surface area contributed by atoms with Gasteiger partial charge < -0.3 is 10.2 Å². The van der Waals surface area contributed by atoms with Crippen molar-refractivity contribution in [3.63, 3.8) is 0 Å². The summed E-state index contributed by atoms with van der Waals surface area (Å²) < 4.78 is 3.88. The molecule has 176 valence electrons. The summed E-state index contributed by atoms with van der Waals surface area (Å²) in [5, 5.41) is 3.00. The zero-order valence-corrected chi connectivity index (χ0v) is 19.5. The van der Waals surface area contributed by atoms with E-state index in [0.29, 0.717) is 25.9 Å². The molecule has 9 heteroatoms. The lowest BCUT2D eigenvalue weighted by Crippen LogP contribution is -2.43. The van der Waals surface area contributed by atoms with Crippen LogP contribution in [0.5, 0.6) is 0 Å². The Labute approximate surface area is 187 Å². The zero-order chi connectivity index (χ0) is 23.3. The molecule has 0 atom stereocenters. The molecule has 2 aromatic heterocycles. The van der Waals surface area contributed by atoms with Crippen molar-refractivity contribution in [1.29, 1.82) is 0 Å². The van der Waals surface area contributed by atoms with Gasteiger partial charge in [0.1, 0.15) is 5.65 Å². The topological polar surface area (TPSA) is 98.3 Å². The summed E-state index contributed by atoms with van der Waals surface area (Å²) in [7, 11) is 1.54. The van der Waals surface area contributed by atoms with Gasteiger partial charge in [-0.15, -0.1) is 0 Å². The van der Waals surface area contributed by atoms with E-state index in [2.05, 4.69) is 10.2 Å². The largest absolute Gasteiger partial charge is 0.352 e. The van der Waals surface area contributed by atoms with Gasteiger partial charge in [-0.3, -0.25) is 28.1 Å². The second-order valence-corrected chi connectivity index (χ2v) is 8.56. The van der Waals surface area contributed by atoms with Gasteiger partial charge in [0, 0.05) is 32.7 Å². The fourth-order valence-electron chi connectivity index (χ4n) is 4.51. The Morgan fingerprint density at radius 2 is 1.62 bits per heavy atom. The average Bonchev–Trinajstić information content (AvgIpc) is 2.79. The molecule has 3 rings (SSSR count). The number of carbonyl (C=O) groups is 1. The Balaban J connectivity index is 1.97. The third-order valence-corrected chi connectivity index (χ3v) is 6.10. The number of fused-ring (bicyclic) bond motifs is 1. The molecule has 0 aliphatic carbocycles. The number of piperidine rings is 1. The number of nitrogens with zero attached hydrogens (tertiary/aromatic N) is 4. The third kappa shape index (κ3) is 4.87. The maximum Gasteiger partial charge on any atom is 0.332 e. The van der Waals surface area contributed by atoms with Gasteiger partial charge in [-0.2, -0.15) is 0 Å². The number of aryl methyl sites for hydroxylation is 2. The highest BCUT2D eigenvalue weighted by Gasteiger charge is 2.22. The molecule has 1 aliphatic heterocycles. The van der Waals surface area contributed by atoms with Crippen LogP contribution in [0.15, 0.2) is 20.4 Å². The highest BCUT2D eigenvalue weighted by molar-refractivity contribution is 6.05. The molecule has 0 unspecified atom stereocenters. The van der Waals surface area contributed by atoms with Crippen molar-refractivity contribution in [3.8, 4) is 0 Å². The van der Waals surface area contributed by atoms with Crippen molar-refractivity contribution in [1.82, 2.24) is 23.9 Å². The van der Waals surface area contributed by atoms with E-state index >= 15 is 0 Å². The van der Waals surface area contributed by atoms with E-state index in [1.54, 1.807) is 7.05 Å². The second-order valence-electron chi connectivity index (χ2n) is 8.56. The lowest BCUT2D eigenvalue weighted by molar-refractivity contribution is 0.0952. The lowest BCUT2D eigenvalue weighted by atomic mass is 10.1. The normalized spacial score (nSPS) is 14.7. The number of amides is 1. The number of carbonyl (C=O) groups excluding carboxylic acids is 1. The van der Waals surface area contributed by atoms with Crippen LogP contribution in [0.1, 0.15) is 62.7 Å². The van der Waals surface area contributed by atoms with Gasteiger partial charge in [-0.05, 0) is 51.7 Å². The fraction of sp³-hybridized carbons (Fsp3) is 0.652. The van der Waals surface area contributed by atoms with Crippen LogP contribution in [0.25, 0.3) is 11.0 Å². The summed E-state index contributed by atoms with van der Waals surface area (Å²) in [5.41, 5.74) is -1.14. The number of rotatable bonds is 9. The van der Waals surface area contributed by atoms with E-state index in [9.17, 15) is 19.2 Å². The molecule has 1 fully saturated rings. The number of hydrogen-bond donors (Lipinski definition) is 1. The average molecular weight is 446 g/mol. The highest BCUT2D eigenvalue weighted by atomic mass is 16.2. The van der Waals surface area contributed by atoms with Gasteiger partial charge in [0.05, 0.1) is 10.9 Å². The lowest BCUT2D eigenvalue weighted by Gasteiger charge is -2.26. The predicted molar refractivity (Wildman–Crippen MR) is 126 cm³/mol. The van der Waals surface area contributed by atoms with Crippen LogP contribution in [0, 0.1) is 0 Å². The minimum Gasteiger partial charge on any atom is -0.352 e. The molecule has 1 saturated heterocycles. The highest BCUT2D eigenvalue weighted by Crippen LogP contribution is 2.13. The van der Waals surface area contributed by atoms with Crippen molar-refractivity contribution in [2.24, 2.45) is 7.05 Å². The van der Waals surface area contributed by atoms with Gasteiger partial charge >= 0.3 is 5.69 Å². The molecule has 0 radical (unpaired) electrons. The Morgan fingerprint density at radius 3 is 2.28 bits per heavy atom. The molecule has 0 spiro atoms.